The van der Waals surface area contributed by atoms with Gasteiger partial charge < -0.3 is 0 Å². The minimum absolute atomic E-state index is 0.163. The topological polar surface area (TPSA) is 63.2 Å². The number of hydrogen-bond acceptors (Lipinski definition) is 3. The van der Waals surface area contributed by atoms with Gasteiger partial charge in [-0.25, -0.2) is 13.1 Å². The summed E-state index contributed by atoms with van der Waals surface area (Å²) in [7, 11) is -3.73. The highest BCUT2D eigenvalue weighted by atomic mass is 32.2. The van der Waals surface area contributed by atoms with Crippen LogP contribution in [0.3, 0.4) is 0 Å². The Bertz CT molecular complexity index is 519. The minimum Gasteiger partial charge on any atom is -0.268 e. The number of hydrogen-bond donors (Lipinski definition) is 1. The molecule has 0 radical (unpaired) electrons. The van der Waals surface area contributed by atoms with Gasteiger partial charge in [-0.15, -0.1) is 0 Å². The molecule has 0 spiro atoms. The summed E-state index contributed by atoms with van der Waals surface area (Å²) in [5.74, 6) is -0.971. The summed E-state index contributed by atoms with van der Waals surface area (Å²) in [6.07, 6.45) is -3.72. The Morgan fingerprint density at radius 1 is 1.18 bits per heavy atom. The van der Waals surface area contributed by atoms with Crippen molar-refractivity contribution in [2.24, 2.45) is 0 Å². The van der Waals surface area contributed by atoms with Crippen LogP contribution in [-0.4, -0.2) is 20.6 Å². The molecule has 0 bridgehead atoms. The van der Waals surface area contributed by atoms with E-state index in [1.54, 1.807) is 4.72 Å². The third-order valence-electron chi connectivity index (χ3n) is 1.75. The summed E-state index contributed by atoms with van der Waals surface area (Å²) in [4.78, 5) is 11.2. The first kappa shape index (κ1) is 13.5. The second kappa shape index (κ2) is 4.36. The highest BCUT2D eigenvalue weighted by molar-refractivity contribution is 7.89. The summed E-state index contributed by atoms with van der Waals surface area (Å²) < 4.78 is 59.7. The second-order valence-corrected chi connectivity index (χ2v) is 5.03. The number of carbonyl (C=O) groups is 1. The second-order valence-electron chi connectivity index (χ2n) is 3.28. The van der Waals surface area contributed by atoms with Crippen LogP contribution in [0, 0.1) is 0 Å². The van der Waals surface area contributed by atoms with E-state index < -0.39 is 27.7 Å². The Morgan fingerprint density at radius 3 is 2.00 bits per heavy atom. The Balaban J connectivity index is 2.93. The van der Waals surface area contributed by atoms with Crippen LogP contribution < -0.4 is 4.72 Å². The number of benzene rings is 1. The first-order chi connectivity index (χ1) is 7.59. The van der Waals surface area contributed by atoms with Gasteiger partial charge in [0.05, 0.1) is 11.8 Å². The normalized spacial score (nSPS) is 12.2. The fourth-order valence-electron chi connectivity index (χ4n) is 1.04. The van der Waals surface area contributed by atoms with Crippen molar-refractivity contribution in [3.63, 3.8) is 0 Å². The number of carbonyl (C=O) groups excluding carboxylic acids is 1. The van der Waals surface area contributed by atoms with Crippen molar-refractivity contribution in [3.05, 3.63) is 35.4 Å². The molecule has 0 saturated heterocycles. The number of sulfonamides is 1. The Morgan fingerprint density at radius 2 is 1.65 bits per heavy atom. The molecule has 17 heavy (non-hydrogen) atoms. The van der Waals surface area contributed by atoms with Gasteiger partial charge >= 0.3 is 6.18 Å². The molecule has 94 valence electrons. The lowest BCUT2D eigenvalue weighted by atomic mass is 10.1. The van der Waals surface area contributed by atoms with Crippen LogP contribution in [-0.2, 0) is 16.2 Å². The first-order valence-corrected chi connectivity index (χ1v) is 6.18. The molecule has 1 rings (SSSR count). The number of halogens is 3. The number of alkyl halides is 3. The number of nitrogens with one attached hydrogen (secondary N) is 1. The highest BCUT2D eigenvalue weighted by Gasteiger charge is 2.30. The van der Waals surface area contributed by atoms with E-state index in [1.807, 2.05) is 0 Å². The molecule has 0 aliphatic carbocycles. The van der Waals surface area contributed by atoms with Crippen LogP contribution in [0.1, 0.15) is 15.9 Å². The third kappa shape index (κ3) is 4.06. The number of amides is 1. The van der Waals surface area contributed by atoms with Crippen molar-refractivity contribution in [2.75, 3.05) is 6.26 Å². The van der Waals surface area contributed by atoms with Crippen molar-refractivity contribution < 1.29 is 26.4 Å². The molecule has 4 nitrogen and oxygen atoms in total. The van der Waals surface area contributed by atoms with E-state index in [1.165, 1.54) is 0 Å². The molecule has 8 heteroatoms. The lowest BCUT2D eigenvalue weighted by Gasteiger charge is -2.07. The van der Waals surface area contributed by atoms with Crippen molar-refractivity contribution in [1.82, 2.24) is 4.72 Å². The van der Waals surface area contributed by atoms with Gasteiger partial charge in [0.25, 0.3) is 5.91 Å². The largest absolute Gasteiger partial charge is 0.416 e. The molecule has 1 amide bonds. The molecule has 0 aliphatic rings. The van der Waals surface area contributed by atoms with Gasteiger partial charge in [-0.05, 0) is 24.3 Å². The van der Waals surface area contributed by atoms with Gasteiger partial charge in [0.15, 0.2) is 0 Å². The van der Waals surface area contributed by atoms with Crippen LogP contribution in [0.5, 0.6) is 0 Å². The van der Waals surface area contributed by atoms with Crippen LogP contribution >= 0.6 is 0 Å². The smallest absolute Gasteiger partial charge is 0.268 e. The number of rotatable bonds is 2. The molecule has 1 N–H and O–H groups in total. The first-order valence-electron chi connectivity index (χ1n) is 4.29. The standard InChI is InChI=1S/C9H8F3NO3S/c1-17(15,16)13-8(14)6-2-4-7(5-3-6)9(10,11)12/h2-5H,1H3,(H,13,14). The van der Waals surface area contributed by atoms with Crippen molar-refractivity contribution in [3.8, 4) is 0 Å². The van der Waals surface area contributed by atoms with Crippen molar-refractivity contribution in [1.29, 1.82) is 0 Å². The maximum Gasteiger partial charge on any atom is 0.416 e. The molecule has 0 aliphatic heterocycles. The molecular weight excluding hydrogens is 259 g/mol. The summed E-state index contributed by atoms with van der Waals surface area (Å²) in [6, 6.07) is 3.22. The molecule has 0 fully saturated rings. The molecule has 0 saturated carbocycles. The predicted molar refractivity (Wildman–Crippen MR) is 53.8 cm³/mol. The van der Waals surface area contributed by atoms with Crippen LogP contribution in [0.25, 0.3) is 0 Å². The van der Waals surface area contributed by atoms with Crippen LogP contribution in [0.2, 0.25) is 0 Å². The summed E-state index contributed by atoms with van der Waals surface area (Å²) in [6.45, 7) is 0. The Labute approximate surface area is 95.5 Å². The minimum atomic E-state index is -4.49. The molecular formula is C9H8F3NO3S. The Hall–Kier alpha value is -1.57. The van der Waals surface area contributed by atoms with Gasteiger partial charge in [0.2, 0.25) is 10.0 Å². The van der Waals surface area contributed by atoms with Gasteiger partial charge in [0.1, 0.15) is 0 Å². The average Bonchev–Trinajstić information content (AvgIpc) is 2.14. The fourth-order valence-corrected chi connectivity index (χ4v) is 1.49. The van der Waals surface area contributed by atoms with Gasteiger partial charge in [-0.3, -0.25) is 4.79 Å². The third-order valence-corrected chi connectivity index (χ3v) is 2.31. The van der Waals surface area contributed by atoms with E-state index in [0.29, 0.717) is 12.1 Å². The summed E-state index contributed by atoms with van der Waals surface area (Å²) in [5, 5.41) is 0. The van der Waals surface area contributed by atoms with E-state index >= 15 is 0 Å². The quantitative estimate of drug-likeness (QED) is 0.880. The van der Waals surface area contributed by atoms with Gasteiger partial charge in [0, 0.05) is 5.56 Å². The summed E-state index contributed by atoms with van der Waals surface area (Å²) >= 11 is 0. The molecule has 0 unspecified atom stereocenters. The molecule has 0 heterocycles. The van der Waals surface area contributed by atoms with E-state index in [9.17, 15) is 26.4 Å². The van der Waals surface area contributed by atoms with E-state index in [-0.39, 0.29) is 5.56 Å². The zero-order valence-corrected chi connectivity index (χ0v) is 9.39. The fraction of sp³-hybridized carbons (Fsp3) is 0.222. The summed E-state index contributed by atoms with van der Waals surface area (Å²) in [5.41, 5.74) is -1.07. The molecule has 1 aromatic carbocycles. The van der Waals surface area contributed by atoms with E-state index in [2.05, 4.69) is 0 Å². The molecule has 0 aromatic heterocycles. The van der Waals surface area contributed by atoms with E-state index in [0.717, 1.165) is 18.4 Å². The lowest BCUT2D eigenvalue weighted by Crippen LogP contribution is -2.29. The predicted octanol–water partition coefficient (Wildman–Crippen LogP) is 1.39. The SMILES string of the molecule is CS(=O)(=O)NC(=O)c1ccc(C(F)(F)F)cc1. The zero-order chi connectivity index (χ0) is 13.3. The van der Waals surface area contributed by atoms with Crippen LogP contribution in [0.15, 0.2) is 24.3 Å². The van der Waals surface area contributed by atoms with Crippen LogP contribution in [0.4, 0.5) is 13.2 Å². The Kier molecular flexibility index (Phi) is 3.46. The zero-order valence-electron chi connectivity index (χ0n) is 8.58. The van der Waals surface area contributed by atoms with Gasteiger partial charge in [-0.2, -0.15) is 13.2 Å². The average molecular weight is 267 g/mol. The maximum atomic E-state index is 12.2. The van der Waals surface area contributed by atoms with Gasteiger partial charge in [-0.1, -0.05) is 0 Å². The molecule has 1 aromatic rings. The lowest BCUT2D eigenvalue weighted by molar-refractivity contribution is -0.137. The van der Waals surface area contributed by atoms with Crippen molar-refractivity contribution in [2.45, 2.75) is 6.18 Å². The monoisotopic (exact) mass is 267 g/mol. The highest BCUT2D eigenvalue weighted by Crippen LogP contribution is 2.28. The van der Waals surface area contributed by atoms with Crippen molar-refractivity contribution >= 4 is 15.9 Å². The maximum absolute atomic E-state index is 12.2. The molecule has 0 atom stereocenters. The van der Waals surface area contributed by atoms with E-state index in [4.69, 9.17) is 0 Å².